The number of rotatable bonds is 5. The lowest BCUT2D eigenvalue weighted by atomic mass is 10.0. The third-order valence-corrected chi connectivity index (χ3v) is 6.13. The molecule has 2 aliphatic rings. The zero-order valence-corrected chi connectivity index (χ0v) is 18.6. The molecule has 2 aliphatic heterocycles. The molecule has 0 saturated carbocycles. The standard InChI is InChI=1S/C26H25N3O5/c30-25(27-32)19-8-6-18(7-9-19)16-29(26(31)28-12-1-2-13-28)22-5-3-4-20(14-22)21-10-11-23-24(15-21)34-17-33-23/h3-11,14-15,32H,1-2,12-13,16-17H2,(H,27,30). The van der Waals surface area contributed by atoms with E-state index in [-0.39, 0.29) is 12.8 Å². The molecule has 0 unspecified atom stereocenters. The summed E-state index contributed by atoms with van der Waals surface area (Å²) in [6.07, 6.45) is 2.00. The first kappa shape index (κ1) is 21.8. The molecule has 3 aromatic carbocycles. The number of anilines is 1. The molecule has 8 nitrogen and oxygen atoms in total. The molecule has 3 amide bonds. The van der Waals surface area contributed by atoms with Crippen molar-refractivity contribution in [3.63, 3.8) is 0 Å². The van der Waals surface area contributed by atoms with Crippen molar-refractivity contribution in [2.45, 2.75) is 19.4 Å². The van der Waals surface area contributed by atoms with Crippen molar-refractivity contribution in [1.29, 1.82) is 0 Å². The first-order valence-corrected chi connectivity index (χ1v) is 11.2. The molecular formula is C26H25N3O5. The number of amides is 3. The van der Waals surface area contributed by atoms with Gasteiger partial charge in [-0.05, 0) is 65.9 Å². The highest BCUT2D eigenvalue weighted by atomic mass is 16.7. The van der Waals surface area contributed by atoms with Gasteiger partial charge in [0.15, 0.2) is 11.5 Å². The number of likely N-dealkylation sites (tertiary alicyclic amines) is 1. The second-order valence-electron chi connectivity index (χ2n) is 8.32. The lowest BCUT2D eigenvalue weighted by molar-refractivity contribution is 0.0706. The third-order valence-electron chi connectivity index (χ3n) is 6.13. The van der Waals surface area contributed by atoms with Crippen LogP contribution in [0.4, 0.5) is 10.5 Å². The maximum Gasteiger partial charge on any atom is 0.324 e. The number of benzene rings is 3. The number of nitrogens with zero attached hydrogens (tertiary/aromatic N) is 2. The molecule has 2 N–H and O–H groups in total. The molecular weight excluding hydrogens is 434 g/mol. The fraction of sp³-hybridized carbons (Fsp3) is 0.231. The number of ether oxygens (including phenoxy) is 2. The zero-order valence-electron chi connectivity index (χ0n) is 18.6. The highest BCUT2D eigenvalue weighted by Gasteiger charge is 2.25. The maximum atomic E-state index is 13.5. The summed E-state index contributed by atoms with van der Waals surface area (Å²) < 4.78 is 10.9. The Morgan fingerprint density at radius 3 is 2.41 bits per heavy atom. The smallest absolute Gasteiger partial charge is 0.324 e. The summed E-state index contributed by atoms with van der Waals surface area (Å²) in [5.74, 6) is 0.858. The summed E-state index contributed by atoms with van der Waals surface area (Å²) in [5.41, 5.74) is 5.56. The quantitative estimate of drug-likeness (QED) is 0.435. The molecule has 34 heavy (non-hydrogen) atoms. The van der Waals surface area contributed by atoms with Gasteiger partial charge in [0, 0.05) is 24.3 Å². The van der Waals surface area contributed by atoms with E-state index in [2.05, 4.69) is 0 Å². The van der Waals surface area contributed by atoms with Gasteiger partial charge in [-0.1, -0.05) is 30.3 Å². The molecule has 8 heteroatoms. The van der Waals surface area contributed by atoms with Crippen molar-refractivity contribution in [3.05, 3.63) is 77.9 Å². The van der Waals surface area contributed by atoms with E-state index in [1.54, 1.807) is 34.6 Å². The van der Waals surface area contributed by atoms with E-state index in [1.807, 2.05) is 47.4 Å². The molecule has 2 heterocycles. The van der Waals surface area contributed by atoms with Gasteiger partial charge in [0.25, 0.3) is 5.91 Å². The van der Waals surface area contributed by atoms with E-state index >= 15 is 0 Å². The Balaban J connectivity index is 1.46. The van der Waals surface area contributed by atoms with E-state index in [1.165, 1.54) is 0 Å². The number of hydrogen-bond donors (Lipinski definition) is 2. The number of carbonyl (C=O) groups is 2. The fourth-order valence-corrected chi connectivity index (χ4v) is 4.29. The molecule has 0 spiro atoms. The Hall–Kier alpha value is -4.04. The number of urea groups is 1. The van der Waals surface area contributed by atoms with Gasteiger partial charge in [0.2, 0.25) is 6.79 Å². The normalized spacial score (nSPS) is 14.2. The molecule has 174 valence electrons. The van der Waals surface area contributed by atoms with E-state index in [9.17, 15) is 9.59 Å². The minimum Gasteiger partial charge on any atom is -0.454 e. The summed E-state index contributed by atoms with van der Waals surface area (Å²) in [7, 11) is 0. The molecule has 0 aliphatic carbocycles. The van der Waals surface area contributed by atoms with Gasteiger partial charge in [0.05, 0.1) is 6.54 Å². The minimum atomic E-state index is -0.576. The molecule has 1 fully saturated rings. The fourth-order valence-electron chi connectivity index (χ4n) is 4.29. The van der Waals surface area contributed by atoms with Gasteiger partial charge in [-0.3, -0.25) is 14.9 Å². The second kappa shape index (κ2) is 9.44. The van der Waals surface area contributed by atoms with Crippen LogP contribution in [0.1, 0.15) is 28.8 Å². The topological polar surface area (TPSA) is 91.3 Å². The first-order chi connectivity index (χ1) is 16.6. The Morgan fingerprint density at radius 1 is 0.912 bits per heavy atom. The second-order valence-corrected chi connectivity index (χ2v) is 8.32. The molecule has 0 radical (unpaired) electrons. The van der Waals surface area contributed by atoms with Crippen molar-refractivity contribution in [2.75, 3.05) is 24.8 Å². The predicted molar refractivity (Wildman–Crippen MR) is 126 cm³/mol. The van der Waals surface area contributed by atoms with Crippen molar-refractivity contribution < 1.29 is 24.3 Å². The van der Waals surface area contributed by atoms with Gasteiger partial charge >= 0.3 is 6.03 Å². The molecule has 0 bridgehead atoms. The van der Waals surface area contributed by atoms with Crippen molar-refractivity contribution in [2.24, 2.45) is 0 Å². The number of hydroxylamine groups is 1. The van der Waals surface area contributed by atoms with Crippen LogP contribution < -0.4 is 19.9 Å². The maximum absolute atomic E-state index is 13.5. The van der Waals surface area contributed by atoms with E-state index in [4.69, 9.17) is 14.7 Å². The van der Waals surface area contributed by atoms with Gasteiger partial charge in [0.1, 0.15) is 0 Å². The van der Waals surface area contributed by atoms with Crippen LogP contribution in [0.25, 0.3) is 11.1 Å². The number of hydrogen-bond acceptors (Lipinski definition) is 5. The van der Waals surface area contributed by atoms with Gasteiger partial charge in [-0.2, -0.15) is 0 Å². The Labute approximate surface area is 197 Å². The summed E-state index contributed by atoms with van der Waals surface area (Å²) in [5, 5.41) is 8.84. The van der Waals surface area contributed by atoms with Gasteiger partial charge < -0.3 is 14.4 Å². The van der Waals surface area contributed by atoms with Crippen LogP contribution in [-0.4, -0.2) is 41.9 Å². The predicted octanol–water partition coefficient (Wildman–Crippen LogP) is 4.42. The average Bonchev–Trinajstić information content (AvgIpc) is 3.59. The highest BCUT2D eigenvalue weighted by molar-refractivity contribution is 5.94. The summed E-state index contributed by atoms with van der Waals surface area (Å²) in [6, 6.07) is 20.5. The van der Waals surface area contributed by atoms with Crippen LogP contribution in [0.15, 0.2) is 66.7 Å². The molecule has 0 aromatic heterocycles. The zero-order chi connectivity index (χ0) is 23.5. The lowest BCUT2D eigenvalue weighted by Gasteiger charge is -2.28. The summed E-state index contributed by atoms with van der Waals surface area (Å²) in [6.45, 7) is 2.05. The SMILES string of the molecule is O=C(NO)c1ccc(CN(C(=O)N2CCCC2)c2cccc(-c3ccc4c(c3)OCO4)c2)cc1. The van der Waals surface area contributed by atoms with Crippen LogP contribution in [0, 0.1) is 0 Å². The van der Waals surface area contributed by atoms with Gasteiger partial charge in [-0.15, -0.1) is 0 Å². The highest BCUT2D eigenvalue weighted by Crippen LogP contribution is 2.37. The Bertz CT molecular complexity index is 1210. The van der Waals surface area contributed by atoms with Gasteiger partial charge in [-0.25, -0.2) is 10.3 Å². The monoisotopic (exact) mass is 459 g/mol. The molecule has 3 aromatic rings. The number of fused-ring (bicyclic) bond motifs is 1. The van der Waals surface area contributed by atoms with Crippen LogP contribution in [0.3, 0.4) is 0 Å². The lowest BCUT2D eigenvalue weighted by Crippen LogP contribution is -2.41. The number of nitrogens with one attached hydrogen (secondary N) is 1. The Morgan fingerprint density at radius 2 is 1.65 bits per heavy atom. The van der Waals surface area contributed by atoms with Crippen molar-refractivity contribution in [1.82, 2.24) is 10.4 Å². The third kappa shape index (κ3) is 4.40. The molecule has 1 saturated heterocycles. The molecule has 0 atom stereocenters. The van der Waals surface area contributed by atoms with E-state index < -0.39 is 5.91 Å². The number of carbonyl (C=O) groups excluding carboxylic acids is 2. The Kier molecular flexibility index (Phi) is 6.05. The summed E-state index contributed by atoms with van der Waals surface area (Å²) in [4.78, 5) is 28.8. The van der Waals surface area contributed by atoms with E-state index in [0.29, 0.717) is 17.9 Å². The van der Waals surface area contributed by atoms with E-state index in [0.717, 1.165) is 54.1 Å². The minimum absolute atomic E-state index is 0.0440. The van der Waals surface area contributed by atoms with Crippen LogP contribution in [0.5, 0.6) is 11.5 Å². The van der Waals surface area contributed by atoms with Crippen LogP contribution in [-0.2, 0) is 6.54 Å². The van der Waals surface area contributed by atoms with Crippen LogP contribution in [0.2, 0.25) is 0 Å². The average molecular weight is 460 g/mol. The first-order valence-electron chi connectivity index (χ1n) is 11.2. The largest absolute Gasteiger partial charge is 0.454 e. The van der Waals surface area contributed by atoms with Crippen LogP contribution >= 0.6 is 0 Å². The molecule has 5 rings (SSSR count). The summed E-state index contributed by atoms with van der Waals surface area (Å²) >= 11 is 0. The van der Waals surface area contributed by atoms with Crippen molar-refractivity contribution >= 4 is 17.6 Å². The van der Waals surface area contributed by atoms with Crippen molar-refractivity contribution in [3.8, 4) is 22.6 Å².